The van der Waals surface area contributed by atoms with Gasteiger partial charge in [0.25, 0.3) is 0 Å². The Bertz CT molecular complexity index is 635. The van der Waals surface area contributed by atoms with Crippen molar-refractivity contribution >= 4 is 17.6 Å². The minimum atomic E-state index is 0.325. The zero-order chi connectivity index (χ0) is 16.2. The Morgan fingerprint density at radius 3 is 2.30 bits per heavy atom. The molecule has 2 aromatic rings. The van der Waals surface area contributed by atoms with Crippen molar-refractivity contribution < 1.29 is 0 Å². The molecule has 1 fully saturated rings. The molecular weight excluding hydrogens is 288 g/mol. The van der Waals surface area contributed by atoms with Gasteiger partial charge in [0.2, 0.25) is 5.95 Å². The van der Waals surface area contributed by atoms with E-state index in [2.05, 4.69) is 56.0 Å². The van der Waals surface area contributed by atoms with Crippen molar-refractivity contribution in [2.75, 3.05) is 41.3 Å². The summed E-state index contributed by atoms with van der Waals surface area (Å²) in [4.78, 5) is 18.2. The van der Waals surface area contributed by atoms with E-state index in [1.54, 1.807) is 0 Å². The number of rotatable bonds is 4. The largest absolute Gasteiger partial charge is 0.353 e. The molecule has 0 aliphatic carbocycles. The van der Waals surface area contributed by atoms with Crippen molar-refractivity contribution in [1.82, 2.24) is 15.0 Å². The first-order valence-corrected chi connectivity index (χ1v) is 8.15. The highest BCUT2D eigenvalue weighted by Crippen LogP contribution is 2.19. The smallest absolute Gasteiger partial charge is 0.225 e. The third kappa shape index (κ3) is 3.88. The minimum absolute atomic E-state index is 0.325. The molecule has 1 saturated heterocycles. The second kappa shape index (κ2) is 6.81. The first kappa shape index (κ1) is 15.5. The van der Waals surface area contributed by atoms with E-state index in [0.29, 0.717) is 12.0 Å². The van der Waals surface area contributed by atoms with Gasteiger partial charge in [0.1, 0.15) is 11.6 Å². The second-order valence-corrected chi connectivity index (χ2v) is 6.15. The van der Waals surface area contributed by atoms with Gasteiger partial charge in [-0.3, -0.25) is 0 Å². The summed E-state index contributed by atoms with van der Waals surface area (Å²) >= 11 is 0. The lowest BCUT2D eigenvalue weighted by Crippen LogP contribution is -2.47. The normalized spacial score (nSPS) is 15.1. The molecule has 0 spiro atoms. The minimum Gasteiger partial charge on any atom is -0.353 e. The number of piperazine rings is 1. The van der Waals surface area contributed by atoms with E-state index in [1.165, 1.54) is 0 Å². The summed E-state index contributed by atoms with van der Waals surface area (Å²) in [6.45, 7) is 9.98. The Hall–Kier alpha value is -2.37. The fourth-order valence-electron chi connectivity index (χ4n) is 2.74. The third-order valence-electron chi connectivity index (χ3n) is 3.84. The van der Waals surface area contributed by atoms with Crippen molar-refractivity contribution in [2.24, 2.45) is 0 Å². The van der Waals surface area contributed by atoms with Gasteiger partial charge in [0.05, 0.1) is 0 Å². The summed E-state index contributed by atoms with van der Waals surface area (Å²) in [5.74, 6) is 2.76. The lowest BCUT2D eigenvalue weighted by molar-refractivity contribution is 0.640. The fraction of sp³-hybridized carbons (Fsp3) is 0.471. The molecule has 1 aliphatic rings. The van der Waals surface area contributed by atoms with Gasteiger partial charge in [-0.25, -0.2) is 9.97 Å². The van der Waals surface area contributed by atoms with E-state index in [9.17, 15) is 0 Å². The highest BCUT2D eigenvalue weighted by molar-refractivity contribution is 5.48. The van der Waals surface area contributed by atoms with E-state index < -0.39 is 0 Å². The molecule has 1 aliphatic heterocycles. The van der Waals surface area contributed by atoms with Gasteiger partial charge in [0.15, 0.2) is 0 Å². The zero-order valence-corrected chi connectivity index (χ0v) is 14.0. The van der Waals surface area contributed by atoms with E-state index in [-0.39, 0.29) is 0 Å². The molecular formula is C17H24N6. The predicted molar refractivity (Wildman–Crippen MR) is 94.2 cm³/mol. The van der Waals surface area contributed by atoms with Gasteiger partial charge in [-0.2, -0.15) is 4.98 Å². The highest BCUT2D eigenvalue weighted by atomic mass is 15.3. The van der Waals surface area contributed by atoms with Crippen LogP contribution in [0.4, 0.5) is 17.6 Å². The second-order valence-electron chi connectivity index (χ2n) is 6.15. The molecule has 6 heteroatoms. The average Bonchev–Trinajstić information content (AvgIpc) is 2.55. The van der Waals surface area contributed by atoms with Crippen molar-refractivity contribution in [3.8, 4) is 0 Å². The van der Waals surface area contributed by atoms with Gasteiger partial charge in [0, 0.05) is 50.2 Å². The van der Waals surface area contributed by atoms with Crippen LogP contribution in [0.15, 0.2) is 30.5 Å². The first-order valence-electron chi connectivity index (χ1n) is 8.15. The maximum absolute atomic E-state index is 4.66. The van der Waals surface area contributed by atoms with Crippen LogP contribution < -0.4 is 15.1 Å². The lowest BCUT2D eigenvalue weighted by Gasteiger charge is -2.36. The Balaban J connectivity index is 1.69. The topological polar surface area (TPSA) is 57.2 Å². The van der Waals surface area contributed by atoms with Crippen LogP contribution in [0.25, 0.3) is 0 Å². The molecule has 0 amide bonds. The first-order chi connectivity index (χ1) is 11.1. The number of aryl methyl sites for hydroxylation is 1. The summed E-state index contributed by atoms with van der Waals surface area (Å²) < 4.78 is 0. The Labute approximate surface area is 137 Å². The molecule has 3 heterocycles. The molecule has 0 saturated carbocycles. The molecule has 122 valence electrons. The summed E-state index contributed by atoms with van der Waals surface area (Å²) in [6, 6.07) is 8.43. The maximum Gasteiger partial charge on any atom is 0.225 e. The van der Waals surface area contributed by atoms with E-state index in [0.717, 1.165) is 43.5 Å². The van der Waals surface area contributed by atoms with Crippen molar-refractivity contribution in [1.29, 1.82) is 0 Å². The van der Waals surface area contributed by atoms with Crippen molar-refractivity contribution in [2.45, 2.75) is 26.8 Å². The number of nitrogens with zero attached hydrogens (tertiary/aromatic N) is 5. The van der Waals surface area contributed by atoms with Crippen LogP contribution in [-0.4, -0.2) is 47.2 Å². The van der Waals surface area contributed by atoms with Crippen LogP contribution in [0.1, 0.15) is 19.5 Å². The van der Waals surface area contributed by atoms with Gasteiger partial charge in [-0.15, -0.1) is 0 Å². The number of pyridine rings is 1. The molecule has 1 N–H and O–H groups in total. The van der Waals surface area contributed by atoms with Crippen LogP contribution >= 0.6 is 0 Å². The molecule has 0 bridgehead atoms. The van der Waals surface area contributed by atoms with Crippen molar-refractivity contribution in [3.05, 3.63) is 36.2 Å². The Morgan fingerprint density at radius 2 is 1.70 bits per heavy atom. The summed E-state index contributed by atoms with van der Waals surface area (Å²) in [6.07, 6.45) is 1.85. The molecule has 0 aromatic carbocycles. The standard InChI is InChI=1S/C17H24N6/c1-13(2)19-17-20-14(3)12-16(21-17)23-10-8-22(9-11-23)15-6-4-5-7-18-15/h4-7,12-13H,8-11H2,1-3H3,(H,19,20,21). The molecule has 6 nitrogen and oxygen atoms in total. The molecule has 2 aromatic heterocycles. The number of anilines is 3. The van der Waals surface area contributed by atoms with Crippen LogP contribution in [0.5, 0.6) is 0 Å². The van der Waals surface area contributed by atoms with Gasteiger partial charge in [-0.1, -0.05) is 6.07 Å². The van der Waals surface area contributed by atoms with Crippen LogP contribution in [-0.2, 0) is 0 Å². The summed E-state index contributed by atoms with van der Waals surface area (Å²) in [5, 5.41) is 3.29. The van der Waals surface area contributed by atoms with E-state index in [1.807, 2.05) is 25.3 Å². The van der Waals surface area contributed by atoms with Crippen molar-refractivity contribution in [3.63, 3.8) is 0 Å². The van der Waals surface area contributed by atoms with Crippen LogP contribution in [0.3, 0.4) is 0 Å². The van der Waals surface area contributed by atoms with Crippen LogP contribution in [0.2, 0.25) is 0 Å². The molecule has 0 unspecified atom stereocenters. The number of hydrogen-bond donors (Lipinski definition) is 1. The molecule has 3 rings (SSSR count). The monoisotopic (exact) mass is 312 g/mol. The summed E-state index contributed by atoms with van der Waals surface area (Å²) in [7, 11) is 0. The lowest BCUT2D eigenvalue weighted by atomic mass is 10.3. The Kier molecular flexibility index (Phi) is 4.60. The predicted octanol–water partition coefficient (Wildman–Crippen LogP) is 2.33. The quantitative estimate of drug-likeness (QED) is 0.935. The van der Waals surface area contributed by atoms with Gasteiger partial charge >= 0.3 is 0 Å². The molecule has 23 heavy (non-hydrogen) atoms. The van der Waals surface area contributed by atoms with Gasteiger partial charge in [-0.05, 0) is 32.9 Å². The number of aromatic nitrogens is 3. The number of hydrogen-bond acceptors (Lipinski definition) is 6. The molecule has 0 atom stereocenters. The van der Waals surface area contributed by atoms with E-state index in [4.69, 9.17) is 0 Å². The van der Waals surface area contributed by atoms with Gasteiger partial charge < -0.3 is 15.1 Å². The SMILES string of the molecule is Cc1cc(N2CCN(c3ccccn3)CC2)nc(NC(C)C)n1. The molecule has 0 radical (unpaired) electrons. The number of nitrogens with one attached hydrogen (secondary N) is 1. The third-order valence-corrected chi connectivity index (χ3v) is 3.84. The fourth-order valence-corrected chi connectivity index (χ4v) is 2.74. The Morgan fingerprint density at radius 1 is 1.00 bits per heavy atom. The summed E-state index contributed by atoms with van der Waals surface area (Å²) in [5.41, 5.74) is 0.991. The maximum atomic E-state index is 4.66. The average molecular weight is 312 g/mol. The van der Waals surface area contributed by atoms with E-state index >= 15 is 0 Å². The zero-order valence-electron chi connectivity index (χ0n) is 14.0. The highest BCUT2D eigenvalue weighted by Gasteiger charge is 2.19. The van der Waals surface area contributed by atoms with Crippen LogP contribution in [0, 0.1) is 6.92 Å².